The van der Waals surface area contributed by atoms with Gasteiger partial charge in [-0.15, -0.1) is 0 Å². The summed E-state index contributed by atoms with van der Waals surface area (Å²) >= 11 is 5.47. The molecule has 102 valence electrons. The molecule has 0 saturated carbocycles. The molecule has 4 N–H and O–H groups in total. The highest BCUT2D eigenvalue weighted by Crippen LogP contribution is 2.23. The minimum Gasteiger partial charge on any atom is -0.481 e. The van der Waals surface area contributed by atoms with Crippen LogP contribution in [0, 0.1) is 10.1 Å². The highest BCUT2D eigenvalue weighted by molar-refractivity contribution is 6.31. The lowest BCUT2D eigenvalue weighted by Crippen LogP contribution is -2.19. The Morgan fingerprint density at radius 3 is 2.56 bits per heavy atom. The fraction of sp³-hybridized carbons (Fsp3) is 0.444. The third-order valence-corrected chi connectivity index (χ3v) is 1.91. The Bertz CT molecular complexity index is 388. The van der Waals surface area contributed by atoms with Crippen LogP contribution in [0.15, 0.2) is 12.1 Å². The van der Waals surface area contributed by atoms with Crippen LogP contribution in [-0.4, -0.2) is 40.1 Å². The molecule has 1 heterocycles. The normalized spacial score (nSPS) is 11.2. The van der Waals surface area contributed by atoms with Crippen molar-refractivity contribution >= 4 is 17.3 Å². The van der Waals surface area contributed by atoms with Gasteiger partial charge < -0.3 is 20.7 Å². The third-order valence-electron chi connectivity index (χ3n) is 1.63. The zero-order valence-corrected chi connectivity index (χ0v) is 10.4. The standard InChI is InChI=1S/C6H5ClN2O3.C3H9NO2/c1-12-5-3-2-4(9(10)11)6(7)8-5;4-3(6)1-2-5/h2-3H,1H3;3,5-6H,1-2,4H2. The number of hydrogen-bond donors (Lipinski definition) is 3. The zero-order valence-electron chi connectivity index (χ0n) is 9.62. The van der Waals surface area contributed by atoms with Crippen molar-refractivity contribution in [1.82, 2.24) is 4.98 Å². The molecular weight excluding hydrogens is 266 g/mol. The van der Waals surface area contributed by atoms with E-state index in [1.807, 2.05) is 0 Å². The second-order valence-electron chi connectivity index (χ2n) is 3.00. The summed E-state index contributed by atoms with van der Waals surface area (Å²) in [6.45, 7) is -0.0440. The first-order valence-corrected chi connectivity index (χ1v) is 5.19. The van der Waals surface area contributed by atoms with Gasteiger partial charge in [-0.3, -0.25) is 10.1 Å². The summed E-state index contributed by atoms with van der Waals surface area (Å²) in [5.74, 6) is 0.255. The van der Waals surface area contributed by atoms with Crippen LogP contribution in [0.3, 0.4) is 0 Å². The van der Waals surface area contributed by atoms with Gasteiger partial charge in [-0.1, -0.05) is 11.6 Å². The van der Waals surface area contributed by atoms with Gasteiger partial charge >= 0.3 is 5.69 Å². The molecule has 0 spiro atoms. The number of nitrogens with two attached hydrogens (primary N) is 1. The number of halogens is 1. The van der Waals surface area contributed by atoms with Crippen LogP contribution in [0.2, 0.25) is 5.15 Å². The molecule has 0 fully saturated rings. The highest BCUT2D eigenvalue weighted by Gasteiger charge is 2.13. The minimum atomic E-state index is -0.852. The van der Waals surface area contributed by atoms with Crippen LogP contribution in [0.25, 0.3) is 0 Å². The molecule has 1 atom stereocenters. The number of hydrogen-bond acceptors (Lipinski definition) is 7. The smallest absolute Gasteiger partial charge is 0.306 e. The number of nitrogens with zero attached hydrogens (tertiary/aromatic N) is 2. The molecule has 8 nitrogen and oxygen atoms in total. The zero-order chi connectivity index (χ0) is 14.1. The highest BCUT2D eigenvalue weighted by atomic mass is 35.5. The maximum atomic E-state index is 10.3. The van der Waals surface area contributed by atoms with E-state index in [2.05, 4.69) is 4.98 Å². The van der Waals surface area contributed by atoms with Crippen LogP contribution in [-0.2, 0) is 0 Å². The Kier molecular flexibility index (Phi) is 7.88. The predicted molar refractivity (Wildman–Crippen MR) is 64.4 cm³/mol. The van der Waals surface area contributed by atoms with Crippen molar-refractivity contribution in [2.24, 2.45) is 5.73 Å². The Hall–Kier alpha value is -1.48. The molecule has 1 aromatic rings. The molecule has 0 aliphatic rings. The molecule has 1 rings (SSSR count). The molecule has 0 aliphatic heterocycles. The number of aliphatic hydroxyl groups excluding tert-OH is 2. The lowest BCUT2D eigenvalue weighted by molar-refractivity contribution is -0.385. The number of pyridine rings is 1. The van der Waals surface area contributed by atoms with Crippen LogP contribution in [0.4, 0.5) is 5.69 Å². The fourth-order valence-electron chi connectivity index (χ4n) is 0.792. The second kappa shape index (κ2) is 8.59. The Balaban J connectivity index is 0.000000411. The van der Waals surface area contributed by atoms with E-state index in [4.69, 9.17) is 32.3 Å². The molecule has 0 amide bonds. The van der Waals surface area contributed by atoms with E-state index >= 15 is 0 Å². The molecule has 18 heavy (non-hydrogen) atoms. The summed E-state index contributed by atoms with van der Waals surface area (Å²) in [7, 11) is 1.41. The summed E-state index contributed by atoms with van der Waals surface area (Å²) in [5, 5.41) is 26.3. The van der Waals surface area contributed by atoms with E-state index in [0.29, 0.717) is 0 Å². The molecule has 1 unspecified atom stereocenters. The largest absolute Gasteiger partial charge is 0.481 e. The molecule has 0 aliphatic carbocycles. The van der Waals surface area contributed by atoms with E-state index in [1.54, 1.807) is 0 Å². The van der Waals surface area contributed by atoms with Crippen LogP contribution in [0.1, 0.15) is 6.42 Å². The van der Waals surface area contributed by atoms with Gasteiger partial charge in [-0.05, 0) is 0 Å². The van der Waals surface area contributed by atoms with Crippen molar-refractivity contribution in [3.05, 3.63) is 27.4 Å². The Morgan fingerprint density at radius 1 is 1.67 bits per heavy atom. The van der Waals surface area contributed by atoms with Gasteiger partial charge in [-0.2, -0.15) is 4.98 Å². The summed E-state index contributed by atoms with van der Waals surface area (Å²) in [4.78, 5) is 13.3. The van der Waals surface area contributed by atoms with Crippen molar-refractivity contribution in [2.75, 3.05) is 13.7 Å². The van der Waals surface area contributed by atoms with Gasteiger partial charge in [0.2, 0.25) is 11.0 Å². The van der Waals surface area contributed by atoms with E-state index in [1.165, 1.54) is 19.2 Å². The number of rotatable bonds is 4. The average molecular weight is 280 g/mol. The van der Waals surface area contributed by atoms with Gasteiger partial charge in [0, 0.05) is 25.2 Å². The molecule has 9 heteroatoms. The van der Waals surface area contributed by atoms with Crippen LogP contribution < -0.4 is 10.5 Å². The van der Waals surface area contributed by atoms with Gasteiger partial charge in [-0.25, -0.2) is 0 Å². The maximum Gasteiger partial charge on any atom is 0.306 e. The lowest BCUT2D eigenvalue weighted by atomic mass is 10.4. The lowest BCUT2D eigenvalue weighted by Gasteiger charge is -1.98. The summed E-state index contributed by atoms with van der Waals surface area (Å²) < 4.78 is 4.71. The number of nitro groups is 1. The van der Waals surface area contributed by atoms with Gasteiger partial charge in [0.15, 0.2) is 0 Å². The average Bonchev–Trinajstić information content (AvgIpc) is 2.28. The number of aliphatic hydroxyl groups is 2. The summed E-state index contributed by atoms with van der Waals surface area (Å²) in [6, 6.07) is 2.62. The maximum absolute atomic E-state index is 10.3. The molecule has 1 aromatic heterocycles. The number of ether oxygens (including phenoxy) is 1. The molecule has 0 aromatic carbocycles. The molecule has 0 saturated heterocycles. The fourth-order valence-corrected chi connectivity index (χ4v) is 1.01. The predicted octanol–water partition coefficient (Wildman–Crippen LogP) is 0.298. The first-order valence-electron chi connectivity index (χ1n) is 4.81. The summed E-state index contributed by atoms with van der Waals surface area (Å²) in [5.41, 5.74) is 4.57. The Labute approximate surface area is 108 Å². The van der Waals surface area contributed by atoms with E-state index < -0.39 is 11.2 Å². The SMILES string of the molecule is COc1ccc([N+](=O)[O-])c(Cl)n1.NC(O)CCO. The quantitative estimate of drug-likeness (QED) is 0.312. The third kappa shape index (κ3) is 6.30. The summed E-state index contributed by atoms with van der Waals surface area (Å²) in [6.07, 6.45) is -0.588. The van der Waals surface area contributed by atoms with Crippen LogP contribution >= 0.6 is 11.6 Å². The van der Waals surface area contributed by atoms with Crippen LogP contribution in [0.5, 0.6) is 5.88 Å². The van der Waals surface area contributed by atoms with Crippen molar-refractivity contribution in [2.45, 2.75) is 12.6 Å². The van der Waals surface area contributed by atoms with E-state index in [0.717, 1.165) is 0 Å². The first kappa shape index (κ1) is 16.5. The van der Waals surface area contributed by atoms with Crippen molar-refractivity contribution < 1.29 is 19.9 Å². The topological polar surface area (TPSA) is 132 Å². The van der Waals surface area contributed by atoms with Crippen molar-refractivity contribution in [1.29, 1.82) is 0 Å². The van der Waals surface area contributed by atoms with Crippen molar-refractivity contribution in [3.63, 3.8) is 0 Å². The van der Waals surface area contributed by atoms with E-state index in [9.17, 15) is 10.1 Å². The minimum absolute atomic E-state index is 0.0440. The number of aromatic nitrogens is 1. The first-order chi connectivity index (χ1) is 8.42. The monoisotopic (exact) mass is 279 g/mol. The number of methoxy groups -OCH3 is 1. The van der Waals surface area contributed by atoms with Gasteiger partial charge in [0.05, 0.1) is 12.0 Å². The van der Waals surface area contributed by atoms with E-state index in [-0.39, 0.29) is 29.7 Å². The second-order valence-corrected chi connectivity index (χ2v) is 3.36. The Morgan fingerprint density at radius 2 is 2.28 bits per heavy atom. The molecular formula is C9H14ClN3O5. The molecule has 0 radical (unpaired) electrons. The van der Waals surface area contributed by atoms with Gasteiger partial charge in [0.25, 0.3) is 0 Å². The van der Waals surface area contributed by atoms with Crippen molar-refractivity contribution in [3.8, 4) is 5.88 Å². The van der Waals surface area contributed by atoms with Gasteiger partial charge in [0.1, 0.15) is 6.23 Å². The molecule has 0 bridgehead atoms.